The van der Waals surface area contributed by atoms with Gasteiger partial charge < -0.3 is 19.6 Å². The molecule has 0 spiro atoms. The van der Waals surface area contributed by atoms with Gasteiger partial charge in [0.2, 0.25) is 0 Å². The third-order valence-corrected chi connectivity index (χ3v) is 5.38. The van der Waals surface area contributed by atoms with Crippen molar-refractivity contribution in [3.63, 3.8) is 0 Å². The van der Waals surface area contributed by atoms with Crippen LogP contribution < -0.4 is 10.5 Å². The first kappa shape index (κ1) is 22.6. The molecule has 6 heteroatoms. The molecule has 3 aromatic carbocycles. The van der Waals surface area contributed by atoms with Crippen molar-refractivity contribution >= 4 is 16.9 Å². The van der Waals surface area contributed by atoms with Crippen molar-refractivity contribution in [1.29, 1.82) is 0 Å². The lowest BCUT2D eigenvalue weighted by atomic mass is 9.99. The van der Waals surface area contributed by atoms with E-state index in [1.165, 1.54) is 6.07 Å². The number of benzene rings is 3. The minimum atomic E-state index is -0.644. The molecule has 0 radical (unpaired) electrons. The van der Waals surface area contributed by atoms with E-state index in [1.54, 1.807) is 6.92 Å². The summed E-state index contributed by atoms with van der Waals surface area (Å²) in [6.07, 6.45) is 0.132. The predicted molar refractivity (Wildman–Crippen MR) is 125 cm³/mol. The van der Waals surface area contributed by atoms with Gasteiger partial charge in [0.1, 0.15) is 17.9 Å². The number of esters is 1. The van der Waals surface area contributed by atoms with Crippen LogP contribution in [0.15, 0.2) is 65.1 Å². The second kappa shape index (κ2) is 9.88. The van der Waals surface area contributed by atoms with Crippen LogP contribution in [0.5, 0.6) is 5.75 Å². The Morgan fingerprint density at radius 1 is 1.06 bits per heavy atom. The summed E-state index contributed by atoms with van der Waals surface area (Å²) < 4.78 is 30.5. The van der Waals surface area contributed by atoms with Gasteiger partial charge in [0.15, 0.2) is 0 Å². The Morgan fingerprint density at radius 2 is 1.91 bits per heavy atom. The van der Waals surface area contributed by atoms with E-state index in [0.29, 0.717) is 29.9 Å². The van der Waals surface area contributed by atoms with Crippen LogP contribution in [-0.2, 0) is 29.1 Å². The van der Waals surface area contributed by atoms with Gasteiger partial charge in [-0.3, -0.25) is 4.79 Å². The van der Waals surface area contributed by atoms with Crippen LogP contribution in [0.2, 0.25) is 0 Å². The van der Waals surface area contributed by atoms with Crippen molar-refractivity contribution in [3.05, 3.63) is 88.9 Å². The van der Waals surface area contributed by atoms with Gasteiger partial charge in [-0.15, -0.1) is 0 Å². The van der Waals surface area contributed by atoms with Crippen molar-refractivity contribution in [2.45, 2.75) is 33.4 Å². The summed E-state index contributed by atoms with van der Waals surface area (Å²) in [6, 6.07) is 18.0. The molecule has 0 atom stereocenters. The number of fused-ring (bicyclic) bond motifs is 1. The molecule has 0 aliphatic carbocycles. The third kappa shape index (κ3) is 5.23. The average molecular weight is 448 g/mol. The monoisotopic (exact) mass is 447 g/mol. The first-order valence-corrected chi connectivity index (χ1v) is 10.9. The maximum Gasteiger partial charge on any atom is 0.310 e. The molecule has 4 rings (SSSR count). The Kier molecular flexibility index (Phi) is 6.75. The van der Waals surface area contributed by atoms with Gasteiger partial charge in [-0.2, -0.15) is 4.39 Å². The standard InChI is InChI=1S/C27H26FNO4/c1-3-31-26(30)14-21-8-7-17(2)9-24(21)32-16-19-11-22-13-25(28)33-27(22)23(12-19)20-6-4-5-18(10-20)15-29/h4-13H,3,14-16,29H2,1-2H3. The molecule has 0 aliphatic heterocycles. The largest absolute Gasteiger partial charge is 0.489 e. The zero-order chi connectivity index (χ0) is 23.4. The van der Waals surface area contributed by atoms with E-state index >= 15 is 0 Å². The predicted octanol–water partition coefficient (Wildman–Crippen LogP) is 5.69. The molecule has 5 nitrogen and oxygen atoms in total. The summed E-state index contributed by atoms with van der Waals surface area (Å²) in [5, 5.41) is 0.651. The molecule has 170 valence electrons. The third-order valence-electron chi connectivity index (χ3n) is 5.38. The molecule has 0 aliphatic rings. The first-order chi connectivity index (χ1) is 16.0. The zero-order valence-corrected chi connectivity index (χ0v) is 18.7. The first-order valence-electron chi connectivity index (χ1n) is 10.9. The number of furan rings is 1. The van der Waals surface area contributed by atoms with Crippen molar-refractivity contribution < 1.29 is 23.1 Å². The molecule has 0 saturated carbocycles. The molecule has 0 fully saturated rings. The second-order valence-electron chi connectivity index (χ2n) is 7.90. The number of halogens is 1. The van der Waals surface area contributed by atoms with Crippen LogP contribution in [-0.4, -0.2) is 12.6 Å². The average Bonchev–Trinajstić information content (AvgIpc) is 3.18. The molecule has 2 N–H and O–H groups in total. The maximum atomic E-state index is 14.0. The Labute approximate surface area is 191 Å². The lowest BCUT2D eigenvalue weighted by molar-refractivity contribution is -0.142. The van der Waals surface area contributed by atoms with Gasteiger partial charge in [0, 0.05) is 29.1 Å². The van der Waals surface area contributed by atoms with Gasteiger partial charge in [-0.1, -0.05) is 30.3 Å². The fourth-order valence-corrected chi connectivity index (χ4v) is 3.82. The highest BCUT2D eigenvalue weighted by Gasteiger charge is 2.15. The highest BCUT2D eigenvalue weighted by Crippen LogP contribution is 2.33. The molecule has 1 heterocycles. The van der Waals surface area contributed by atoms with E-state index in [4.69, 9.17) is 19.6 Å². The minimum Gasteiger partial charge on any atom is -0.489 e. The highest BCUT2D eigenvalue weighted by molar-refractivity contribution is 5.93. The molecular formula is C27H26FNO4. The van der Waals surface area contributed by atoms with Crippen molar-refractivity contribution in [3.8, 4) is 16.9 Å². The molecular weight excluding hydrogens is 421 g/mol. The number of hydrogen-bond acceptors (Lipinski definition) is 5. The summed E-state index contributed by atoms with van der Waals surface area (Å²) in [7, 11) is 0. The second-order valence-corrected chi connectivity index (χ2v) is 7.90. The van der Waals surface area contributed by atoms with Gasteiger partial charge in [0.05, 0.1) is 13.0 Å². The van der Waals surface area contributed by atoms with Gasteiger partial charge in [0.25, 0.3) is 6.01 Å². The number of hydrogen-bond donors (Lipinski definition) is 1. The topological polar surface area (TPSA) is 74.7 Å². The fourth-order valence-electron chi connectivity index (χ4n) is 3.82. The Hall–Kier alpha value is -3.64. The number of nitrogens with two attached hydrogens (primary N) is 1. The van der Waals surface area contributed by atoms with E-state index in [-0.39, 0.29) is 19.0 Å². The van der Waals surface area contributed by atoms with Gasteiger partial charge in [-0.05, 0) is 60.4 Å². The number of aryl methyl sites for hydroxylation is 1. The summed E-state index contributed by atoms with van der Waals surface area (Å²) in [4.78, 5) is 12.0. The molecule has 0 bridgehead atoms. The Morgan fingerprint density at radius 3 is 2.70 bits per heavy atom. The van der Waals surface area contributed by atoms with Crippen molar-refractivity contribution in [2.24, 2.45) is 5.73 Å². The zero-order valence-electron chi connectivity index (χ0n) is 18.7. The van der Waals surface area contributed by atoms with E-state index in [2.05, 4.69) is 0 Å². The van der Waals surface area contributed by atoms with E-state index in [1.807, 2.05) is 61.5 Å². The van der Waals surface area contributed by atoms with E-state index in [9.17, 15) is 9.18 Å². The minimum absolute atomic E-state index is 0.132. The van der Waals surface area contributed by atoms with E-state index < -0.39 is 6.01 Å². The molecule has 0 unspecified atom stereocenters. The van der Waals surface area contributed by atoms with E-state index in [0.717, 1.165) is 33.4 Å². The van der Waals surface area contributed by atoms with Crippen LogP contribution in [0.3, 0.4) is 0 Å². The van der Waals surface area contributed by atoms with Crippen LogP contribution in [0, 0.1) is 12.9 Å². The Bertz CT molecular complexity index is 1290. The van der Waals surface area contributed by atoms with Crippen molar-refractivity contribution in [1.82, 2.24) is 0 Å². The number of rotatable bonds is 8. The van der Waals surface area contributed by atoms with Crippen LogP contribution in [0.1, 0.15) is 29.2 Å². The van der Waals surface area contributed by atoms with Gasteiger partial charge in [-0.25, -0.2) is 0 Å². The smallest absolute Gasteiger partial charge is 0.310 e. The quantitative estimate of drug-likeness (QED) is 0.351. The summed E-state index contributed by atoms with van der Waals surface area (Å²) in [5.41, 5.74) is 11.5. The van der Waals surface area contributed by atoms with Crippen LogP contribution in [0.25, 0.3) is 22.1 Å². The normalized spacial score (nSPS) is 11.0. The SMILES string of the molecule is CCOC(=O)Cc1ccc(C)cc1OCc1cc(-c2cccc(CN)c2)c2oc(F)cc2c1. The van der Waals surface area contributed by atoms with Crippen LogP contribution in [0.4, 0.5) is 4.39 Å². The summed E-state index contributed by atoms with van der Waals surface area (Å²) in [5.74, 6) is 0.316. The lowest BCUT2D eigenvalue weighted by Crippen LogP contribution is -2.09. The van der Waals surface area contributed by atoms with Crippen LogP contribution >= 0.6 is 0 Å². The molecule has 0 saturated heterocycles. The molecule has 4 aromatic rings. The number of carbonyl (C=O) groups excluding carboxylic acids is 1. The number of carbonyl (C=O) groups is 1. The number of ether oxygens (including phenoxy) is 2. The fraction of sp³-hybridized carbons (Fsp3) is 0.222. The molecule has 33 heavy (non-hydrogen) atoms. The maximum absolute atomic E-state index is 14.0. The molecule has 0 amide bonds. The summed E-state index contributed by atoms with van der Waals surface area (Å²) in [6.45, 7) is 4.72. The molecule has 1 aromatic heterocycles. The highest BCUT2D eigenvalue weighted by atomic mass is 19.1. The summed E-state index contributed by atoms with van der Waals surface area (Å²) >= 11 is 0. The Balaban J connectivity index is 1.66. The van der Waals surface area contributed by atoms with Gasteiger partial charge >= 0.3 is 5.97 Å². The lowest BCUT2D eigenvalue weighted by Gasteiger charge is -2.14. The van der Waals surface area contributed by atoms with Crippen molar-refractivity contribution in [2.75, 3.05) is 6.61 Å².